The van der Waals surface area contributed by atoms with Crippen molar-refractivity contribution in [3.8, 4) is 0 Å². The molecule has 6 nitrogen and oxygen atoms in total. The van der Waals surface area contributed by atoms with Gasteiger partial charge in [-0.15, -0.1) is 0 Å². The minimum absolute atomic E-state index is 0.0433. The Kier molecular flexibility index (Phi) is 4.18. The molecule has 0 saturated carbocycles. The number of anilines is 1. The van der Waals surface area contributed by atoms with Crippen LogP contribution in [0.3, 0.4) is 0 Å². The molecule has 0 atom stereocenters. The molecule has 1 amide bonds. The Hall–Kier alpha value is -3.13. The van der Waals surface area contributed by atoms with Gasteiger partial charge in [-0.1, -0.05) is 23.9 Å². The highest BCUT2D eigenvalue weighted by Crippen LogP contribution is 2.26. The minimum Gasteiger partial charge on any atom is -0.449 e. The van der Waals surface area contributed by atoms with Crippen LogP contribution in [0.15, 0.2) is 62.9 Å². The van der Waals surface area contributed by atoms with E-state index >= 15 is 0 Å². The van der Waals surface area contributed by atoms with Gasteiger partial charge in [0.1, 0.15) is 16.9 Å². The lowest BCUT2D eigenvalue weighted by atomic mass is 10.2. The number of rotatable bonds is 4. The molecule has 0 fully saturated rings. The summed E-state index contributed by atoms with van der Waals surface area (Å²) >= 11 is 1.10. The van der Waals surface area contributed by atoms with E-state index in [4.69, 9.17) is 4.42 Å². The fourth-order valence-electron chi connectivity index (χ4n) is 2.51. The maximum absolute atomic E-state index is 12.9. The van der Waals surface area contributed by atoms with Gasteiger partial charge in [0.15, 0.2) is 5.16 Å². The van der Waals surface area contributed by atoms with E-state index in [0.29, 0.717) is 21.9 Å². The maximum Gasteiger partial charge on any atom is 0.295 e. The molecule has 0 saturated heterocycles. The third kappa shape index (κ3) is 3.18. The minimum atomic E-state index is -0.396. The van der Waals surface area contributed by atoms with Gasteiger partial charge in [0.25, 0.3) is 5.56 Å². The summed E-state index contributed by atoms with van der Waals surface area (Å²) in [5.74, 6) is -0.622. The summed E-state index contributed by atoms with van der Waals surface area (Å²) in [5, 5.41) is 3.72. The van der Waals surface area contributed by atoms with Crippen LogP contribution in [0.4, 0.5) is 10.1 Å². The number of carbonyl (C=O) groups excluding carboxylic acids is 1. The predicted molar refractivity (Wildman–Crippen MR) is 97.9 cm³/mol. The van der Waals surface area contributed by atoms with Gasteiger partial charge in [-0.2, -0.15) is 0 Å². The second kappa shape index (κ2) is 6.64. The van der Waals surface area contributed by atoms with Gasteiger partial charge < -0.3 is 9.73 Å². The third-order valence-electron chi connectivity index (χ3n) is 3.68. The molecule has 0 bridgehead atoms. The third-order valence-corrected chi connectivity index (χ3v) is 4.55. The van der Waals surface area contributed by atoms with Crippen LogP contribution in [0.25, 0.3) is 22.1 Å². The van der Waals surface area contributed by atoms with Crippen LogP contribution < -0.4 is 10.9 Å². The van der Waals surface area contributed by atoms with Crippen molar-refractivity contribution >= 4 is 45.4 Å². The van der Waals surface area contributed by atoms with Crippen molar-refractivity contribution in [1.29, 1.82) is 0 Å². The molecule has 0 aliphatic rings. The molecule has 4 rings (SSSR count). The van der Waals surface area contributed by atoms with E-state index in [1.807, 2.05) is 18.2 Å². The van der Waals surface area contributed by atoms with E-state index in [9.17, 15) is 14.0 Å². The summed E-state index contributed by atoms with van der Waals surface area (Å²) in [5.41, 5.74) is 1.30. The van der Waals surface area contributed by atoms with Gasteiger partial charge in [-0.25, -0.2) is 9.37 Å². The molecular formula is C18H12FN3O3S. The number of nitrogens with zero attached hydrogens (tertiary/aromatic N) is 1. The maximum atomic E-state index is 12.9. The van der Waals surface area contributed by atoms with Crippen LogP contribution in [0.2, 0.25) is 0 Å². The van der Waals surface area contributed by atoms with Gasteiger partial charge in [0, 0.05) is 11.1 Å². The molecule has 8 heteroatoms. The lowest BCUT2D eigenvalue weighted by molar-refractivity contribution is -0.113. The number of hydrogen-bond donors (Lipinski definition) is 2. The zero-order valence-electron chi connectivity index (χ0n) is 13.3. The Bertz CT molecular complexity index is 1170. The number of furan rings is 1. The first-order valence-corrected chi connectivity index (χ1v) is 8.68. The number of fused-ring (bicyclic) bond motifs is 3. The zero-order chi connectivity index (χ0) is 18.1. The lowest BCUT2D eigenvalue weighted by Crippen LogP contribution is -2.15. The Morgan fingerprint density at radius 3 is 2.77 bits per heavy atom. The fraction of sp³-hybridized carbons (Fsp3) is 0.0556. The Morgan fingerprint density at radius 1 is 1.19 bits per heavy atom. The number of nitrogens with one attached hydrogen (secondary N) is 2. The van der Waals surface area contributed by atoms with Crippen LogP contribution >= 0.6 is 11.8 Å². The molecule has 0 aliphatic carbocycles. The molecule has 2 aromatic carbocycles. The smallest absolute Gasteiger partial charge is 0.295 e. The van der Waals surface area contributed by atoms with Crippen molar-refractivity contribution in [2.24, 2.45) is 0 Å². The molecule has 26 heavy (non-hydrogen) atoms. The van der Waals surface area contributed by atoms with Crippen molar-refractivity contribution in [2.75, 3.05) is 11.1 Å². The lowest BCUT2D eigenvalue weighted by Gasteiger charge is -2.04. The quantitative estimate of drug-likeness (QED) is 0.424. The molecule has 4 aromatic rings. The Balaban J connectivity index is 1.53. The number of aromatic amines is 1. The molecule has 0 aliphatic heterocycles. The van der Waals surface area contributed by atoms with Gasteiger partial charge in [0.2, 0.25) is 11.5 Å². The molecule has 0 spiro atoms. The van der Waals surface area contributed by atoms with Crippen LogP contribution in [-0.2, 0) is 4.79 Å². The van der Waals surface area contributed by atoms with Gasteiger partial charge in [0.05, 0.1) is 5.75 Å². The predicted octanol–water partition coefficient (Wildman–Crippen LogP) is 3.54. The number of thioether (sulfide) groups is 1. The normalized spacial score (nSPS) is 11.1. The van der Waals surface area contributed by atoms with E-state index in [-0.39, 0.29) is 23.1 Å². The van der Waals surface area contributed by atoms with E-state index in [2.05, 4.69) is 15.3 Å². The summed E-state index contributed by atoms with van der Waals surface area (Å²) in [6.45, 7) is 0. The van der Waals surface area contributed by atoms with E-state index < -0.39 is 5.56 Å². The summed E-state index contributed by atoms with van der Waals surface area (Å²) < 4.78 is 18.4. The van der Waals surface area contributed by atoms with Gasteiger partial charge in [-0.3, -0.25) is 14.6 Å². The highest BCUT2D eigenvalue weighted by molar-refractivity contribution is 7.99. The first kappa shape index (κ1) is 16.3. The second-order valence-electron chi connectivity index (χ2n) is 5.49. The summed E-state index contributed by atoms with van der Waals surface area (Å²) in [7, 11) is 0. The number of H-pyrrole nitrogens is 1. The number of hydrogen-bond acceptors (Lipinski definition) is 5. The summed E-state index contributed by atoms with van der Waals surface area (Å²) in [6, 6.07) is 12.7. The average molecular weight is 369 g/mol. The van der Waals surface area contributed by atoms with Crippen LogP contribution in [0, 0.1) is 5.82 Å². The zero-order valence-corrected chi connectivity index (χ0v) is 14.1. The topological polar surface area (TPSA) is 88.0 Å². The molecule has 2 N–H and O–H groups in total. The molecule has 0 radical (unpaired) electrons. The number of aromatic nitrogens is 2. The van der Waals surface area contributed by atoms with Crippen molar-refractivity contribution in [3.05, 3.63) is 64.7 Å². The van der Waals surface area contributed by atoms with E-state index in [0.717, 1.165) is 17.1 Å². The average Bonchev–Trinajstić information content (AvgIpc) is 3.01. The molecule has 0 unspecified atom stereocenters. The highest BCUT2D eigenvalue weighted by Gasteiger charge is 2.14. The largest absolute Gasteiger partial charge is 0.449 e. The van der Waals surface area contributed by atoms with Crippen molar-refractivity contribution in [3.63, 3.8) is 0 Å². The van der Waals surface area contributed by atoms with Gasteiger partial charge in [-0.05, 0) is 36.4 Å². The standard InChI is InChI=1S/C18H12FN3O3S/c19-10-5-7-11(8-6-10)20-14(23)9-26-18-21-15-12-3-1-2-4-13(12)25-16(15)17(24)22-18/h1-8H,9H2,(H,20,23)(H,21,22,24). The number of halogens is 1. The molecule has 2 heterocycles. The van der Waals surface area contributed by atoms with Crippen molar-refractivity contribution < 1.29 is 13.6 Å². The molecular weight excluding hydrogens is 357 g/mol. The Labute approximate surface area is 150 Å². The van der Waals surface area contributed by atoms with Crippen LogP contribution in [-0.4, -0.2) is 21.6 Å². The Morgan fingerprint density at radius 2 is 1.96 bits per heavy atom. The number of benzene rings is 2. The first-order chi connectivity index (χ1) is 12.6. The highest BCUT2D eigenvalue weighted by atomic mass is 32.2. The number of para-hydroxylation sites is 1. The summed E-state index contributed by atoms with van der Waals surface area (Å²) in [4.78, 5) is 31.2. The van der Waals surface area contributed by atoms with Crippen molar-refractivity contribution in [2.45, 2.75) is 5.16 Å². The monoisotopic (exact) mass is 369 g/mol. The van der Waals surface area contributed by atoms with Gasteiger partial charge >= 0.3 is 0 Å². The fourth-order valence-corrected chi connectivity index (χ4v) is 3.17. The number of carbonyl (C=O) groups is 1. The molecule has 130 valence electrons. The van der Waals surface area contributed by atoms with Crippen molar-refractivity contribution in [1.82, 2.24) is 9.97 Å². The first-order valence-electron chi connectivity index (χ1n) is 7.70. The summed E-state index contributed by atoms with van der Waals surface area (Å²) in [6.07, 6.45) is 0. The van der Waals surface area contributed by atoms with Crippen LogP contribution in [0.1, 0.15) is 0 Å². The second-order valence-corrected chi connectivity index (χ2v) is 6.45. The number of amides is 1. The van der Waals surface area contributed by atoms with E-state index in [1.165, 1.54) is 24.3 Å². The molecule has 2 aromatic heterocycles. The van der Waals surface area contributed by atoms with Crippen LogP contribution in [0.5, 0.6) is 0 Å². The van der Waals surface area contributed by atoms with E-state index in [1.54, 1.807) is 6.07 Å². The SMILES string of the molecule is O=C(CSc1nc2c(oc3ccccc32)c(=O)[nH]1)Nc1ccc(F)cc1.